The van der Waals surface area contributed by atoms with E-state index in [1.807, 2.05) is 0 Å². The van der Waals surface area contributed by atoms with Crippen molar-refractivity contribution in [2.75, 3.05) is 11.4 Å². The van der Waals surface area contributed by atoms with Crippen LogP contribution in [0.3, 0.4) is 0 Å². The SMILES string of the molecule is Fc1ccc2[nH]c3c(c2c1)CN(c1ncc(C(F)(F)F)s1)CC3. The minimum atomic E-state index is -4.37. The molecule has 4 rings (SSSR count). The molecular weight excluding hydrogens is 330 g/mol. The van der Waals surface area contributed by atoms with Crippen LogP contribution in [-0.4, -0.2) is 16.5 Å². The largest absolute Gasteiger partial charge is 0.427 e. The number of nitrogens with zero attached hydrogens (tertiary/aromatic N) is 2. The van der Waals surface area contributed by atoms with Gasteiger partial charge >= 0.3 is 6.18 Å². The molecule has 1 aliphatic heterocycles. The quantitative estimate of drug-likeness (QED) is 0.668. The molecule has 0 aliphatic carbocycles. The van der Waals surface area contributed by atoms with E-state index < -0.39 is 11.1 Å². The summed E-state index contributed by atoms with van der Waals surface area (Å²) in [4.78, 5) is 8.26. The second kappa shape index (κ2) is 4.95. The number of aromatic nitrogens is 2. The zero-order chi connectivity index (χ0) is 16.2. The molecule has 0 fully saturated rings. The summed E-state index contributed by atoms with van der Waals surface area (Å²) in [6.45, 7) is 0.997. The van der Waals surface area contributed by atoms with Crippen LogP contribution in [-0.2, 0) is 19.1 Å². The number of aromatic amines is 1. The maximum atomic E-state index is 13.5. The van der Waals surface area contributed by atoms with Gasteiger partial charge in [-0.25, -0.2) is 9.37 Å². The third-order valence-electron chi connectivity index (χ3n) is 3.98. The minimum absolute atomic E-state index is 0.329. The summed E-state index contributed by atoms with van der Waals surface area (Å²) in [7, 11) is 0. The lowest BCUT2D eigenvalue weighted by Gasteiger charge is -2.26. The lowest BCUT2D eigenvalue weighted by atomic mass is 10.0. The average Bonchev–Trinajstić information content (AvgIpc) is 3.10. The summed E-state index contributed by atoms with van der Waals surface area (Å²) in [6.07, 6.45) is -2.85. The third kappa shape index (κ3) is 2.46. The van der Waals surface area contributed by atoms with Crippen molar-refractivity contribution in [1.82, 2.24) is 9.97 Å². The van der Waals surface area contributed by atoms with E-state index in [1.165, 1.54) is 12.1 Å². The second-order valence-electron chi connectivity index (χ2n) is 5.45. The van der Waals surface area contributed by atoms with Gasteiger partial charge in [0, 0.05) is 41.7 Å². The molecule has 23 heavy (non-hydrogen) atoms. The molecule has 1 aromatic carbocycles. The average molecular weight is 341 g/mol. The van der Waals surface area contributed by atoms with Gasteiger partial charge in [-0.3, -0.25) is 0 Å². The monoisotopic (exact) mass is 341 g/mol. The number of thiazole rings is 1. The van der Waals surface area contributed by atoms with E-state index in [4.69, 9.17) is 0 Å². The Hall–Kier alpha value is -2.09. The fourth-order valence-corrected chi connectivity index (χ4v) is 3.70. The number of halogens is 4. The molecular formula is C15H11F4N3S. The lowest BCUT2D eigenvalue weighted by molar-refractivity contribution is -0.134. The first-order valence-corrected chi connectivity index (χ1v) is 7.80. The Labute approximate surface area is 132 Å². The zero-order valence-corrected chi connectivity index (χ0v) is 12.6. The van der Waals surface area contributed by atoms with Crippen molar-refractivity contribution >= 4 is 27.4 Å². The summed E-state index contributed by atoms with van der Waals surface area (Å²) in [5, 5.41) is 1.12. The number of fused-ring (bicyclic) bond motifs is 3. The van der Waals surface area contributed by atoms with Crippen LogP contribution in [0.1, 0.15) is 16.1 Å². The van der Waals surface area contributed by atoms with E-state index in [2.05, 4.69) is 9.97 Å². The normalized spacial score (nSPS) is 15.2. The first-order chi connectivity index (χ1) is 10.9. The molecule has 0 bridgehead atoms. The number of anilines is 1. The Bertz CT molecular complexity index is 881. The van der Waals surface area contributed by atoms with Crippen LogP contribution in [0.15, 0.2) is 24.4 Å². The van der Waals surface area contributed by atoms with Crippen LogP contribution in [0.2, 0.25) is 0 Å². The molecule has 0 amide bonds. The topological polar surface area (TPSA) is 31.9 Å². The fraction of sp³-hybridized carbons (Fsp3) is 0.267. The van der Waals surface area contributed by atoms with Gasteiger partial charge in [0.2, 0.25) is 0 Å². The number of hydrogen-bond donors (Lipinski definition) is 1. The molecule has 1 aliphatic rings. The summed E-state index contributed by atoms with van der Waals surface area (Å²) >= 11 is 0.638. The maximum absolute atomic E-state index is 13.5. The molecule has 2 aromatic heterocycles. The fourth-order valence-electron chi connectivity index (χ4n) is 2.89. The first kappa shape index (κ1) is 14.5. The van der Waals surface area contributed by atoms with Gasteiger partial charge in [0.1, 0.15) is 10.7 Å². The van der Waals surface area contributed by atoms with Crippen LogP contribution in [0.4, 0.5) is 22.7 Å². The molecule has 0 unspecified atom stereocenters. The Morgan fingerprint density at radius 1 is 1.26 bits per heavy atom. The van der Waals surface area contributed by atoms with Crippen LogP contribution >= 0.6 is 11.3 Å². The van der Waals surface area contributed by atoms with Crippen molar-refractivity contribution < 1.29 is 17.6 Å². The van der Waals surface area contributed by atoms with Gasteiger partial charge in [-0.2, -0.15) is 13.2 Å². The minimum Gasteiger partial charge on any atom is -0.358 e. The number of H-pyrrole nitrogens is 1. The van der Waals surface area contributed by atoms with Gasteiger partial charge in [-0.05, 0) is 18.2 Å². The molecule has 0 saturated carbocycles. The Morgan fingerprint density at radius 3 is 2.83 bits per heavy atom. The van der Waals surface area contributed by atoms with E-state index in [1.54, 1.807) is 11.0 Å². The maximum Gasteiger partial charge on any atom is 0.427 e. The van der Waals surface area contributed by atoms with Crippen LogP contribution in [0, 0.1) is 5.82 Å². The predicted octanol–water partition coefficient (Wildman–Crippen LogP) is 4.35. The van der Waals surface area contributed by atoms with Crippen LogP contribution in [0.5, 0.6) is 0 Å². The highest BCUT2D eigenvalue weighted by atomic mass is 32.1. The third-order valence-corrected chi connectivity index (χ3v) is 5.08. The van der Waals surface area contributed by atoms with Gasteiger partial charge in [0.05, 0.1) is 6.20 Å². The Morgan fingerprint density at radius 2 is 2.09 bits per heavy atom. The highest BCUT2D eigenvalue weighted by Gasteiger charge is 2.34. The molecule has 1 N–H and O–H groups in total. The summed E-state index contributed by atoms with van der Waals surface area (Å²) in [5.41, 5.74) is 2.78. The lowest BCUT2D eigenvalue weighted by Crippen LogP contribution is -2.29. The number of rotatable bonds is 1. The number of hydrogen-bond acceptors (Lipinski definition) is 3. The van der Waals surface area contributed by atoms with Gasteiger partial charge in [-0.15, -0.1) is 0 Å². The van der Waals surface area contributed by atoms with E-state index in [0.29, 0.717) is 36.0 Å². The number of nitrogens with one attached hydrogen (secondary N) is 1. The van der Waals surface area contributed by atoms with Gasteiger partial charge < -0.3 is 9.88 Å². The van der Waals surface area contributed by atoms with Crippen molar-refractivity contribution in [1.29, 1.82) is 0 Å². The summed E-state index contributed by atoms with van der Waals surface area (Å²) in [6, 6.07) is 4.52. The van der Waals surface area contributed by atoms with Crippen molar-refractivity contribution in [3.8, 4) is 0 Å². The molecule has 0 atom stereocenters. The van der Waals surface area contributed by atoms with Gasteiger partial charge in [0.15, 0.2) is 5.13 Å². The molecule has 0 radical (unpaired) electrons. The molecule has 3 heterocycles. The van der Waals surface area contributed by atoms with E-state index in [-0.39, 0.29) is 5.82 Å². The van der Waals surface area contributed by atoms with Crippen molar-refractivity contribution in [2.24, 2.45) is 0 Å². The summed E-state index contributed by atoms with van der Waals surface area (Å²) in [5.74, 6) is -0.329. The Kier molecular flexibility index (Phi) is 3.12. The van der Waals surface area contributed by atoms with Crippen molar-refractivity contribution in [3.05, 3.63) is 46.3 Å². The van der Waals surface area contributed by atoms with E-state index in [0.717, 1.165) is 28.4 Å². The molecule has 3 aromatic rings. The molecule has 8 heteroatoms. The zero-order valence-electron chi connectivity index (χ0n) is 11.7. The highest BCUT2D eigenvalue weighted by Crippen LogP contribution is 2.38. The van der Waals surface area contributed by atoms with Crippen LogP contribution in [0.25, 0.3) is 10.9 Å². The van der Waals surface area contributed by atoms with Crippen molar-refractivity contribution in [3.63, 3.8) is 0 Å². The van der Waals surface area contributed by atoms with Gasteiger partial charge in [-0.1, -0.05) is 11.3 Å². The van der Waals surface area contributed by atoms with Crippen LogP contribution < -0.4 is 4.90 Å². The van der Waals surface area contributed by atoms with E-state index in [9.17, 15) is 17.6 Å². The molecule has 120 valence electrons. The van der Waals surface area contributed by atoms with E-state index >= 15 is 0 Å². The highest BCUT2D eigenvalue weighted by molar-refractivity contribution is 7.15. The summed E-state index contributed by atoms with van der Waals surface area (Å²) < 4.78 is 51.6. The number of alkyl halides is 3. The first-order valence-electron chi connectivity index (χ1n) is 6.99. The Balaban J connectivity index is 1.69. The smallest absolute Gasteiger partial charge is 0.358 e. The van der Waals surface area contributed by atoms with Crippen molar-refractivity contribution in [2.45, 2.75) is 19.1 Å². The molecule has 0 spiro atoms. The molecule has 0 saturated heterocycles. The van der Waals surface area contributed by atoms with Gasteiger partial charge in [0.25, 0.3) is 0 Å². The predicted molar refractivity (Wildman–Crippen MR) is 80.1 cm³/mol. The molecule has 3 nitrogen and oxygen atoms in total. The second-order valence-corrected chi connectivity index (χ2v) is 6.46. The standard InChI is InChI=1S/C15H11F4N3S/c16-8-1-2-11-9(5-8)10-7-22(4-3-12(10)21-11)14-20-6-13(23-14)15(17,18)19/h1-2,5-6,21H,3-4,7H2. The number of benzene rings is 1.